The number of imidazole rings is 1. The molecule has 0 N–H and O–H groups in total. The summed E-state index contributed by atoms with van der Waals surface area (Å²) in [6.07, 6.45) is 5.48. The molecule has 4 rings (SSSR count). The Morgan fingerprint density at radius 3 is 2.92 bits per heavy atom. The lowest BCUT2D eigenvalue weighted by molar-refractivity contribution is -0.402. The first kappa shape index (κ1) is 14.4. The molecule has 1 aliphatic carbocycles. The molecule has 8 heteroatoms. The molecule has 8 nitrogen and oxygen atoms in total. The van der Waals surface area contributed by atoms with E-state index < -0.39 is 10.8 Å². The van der Waals surface area contributed by atoms with E-state index in [0.29, 0.717) is 6.54 Å². The van der Waals surface area contributed by atoms with Gasteiger partial charge in [0.05, 0.1) is 24.5 Å². The molecule has 0 bridgehead atoms. The van der Waals surface area contributed by atoms with Crippen LogP contribution in [0.2, 0.25) is 0 Å². The van der Waals surface area contributed by atoms with Crippen LogP contribution >= 0.6 is 0 Å². The number of aromatic nitrogens is 2. The first-order valence-corrected chi connectivity index (χ1v) is 7.59. The third kappa shape index (κ3) is 2.51. The van der Waals surface area contributed by atoms with Gasteiger partial charge in [-0.25, -0.2) is 4.98 Å². The average molecular weight is 326 g/mol. The molecule has 1 saturated carbocycles. The Hall–Kier alpha value is -3.16. The molecule has 0 aromatic carbocycles. The molecule has 3 aromatic rings. The van der Waals surface area contributed by atoms with Crippen LogP contribution in [-0.4, -0.2) is 31.2 Å². The van der Waals surface area contributed by atoms with Crippen molar-refractivity contribution in [2.24, 2.45) is 0 Å². The number of hydrogen-bond acceptors (Lipinski definition) is 5. The van der Waals surface area contributed by atoms with Gasteiger partial charge in [-0.3, -0.25) is 14.9 Å². The number of nitro groups is 1. The van der Waals surface area contributed by atoms with Crippen LogP contribution in [0.5, 0.6) is 0 Å². The van der Waals surface area contributed by atoms with E-state index >= 15 is 0 Å². The molecule has 3 aromatic heterocycles. The monoisotopic (exact) mass is 326 g/mol. The van der Waals surface area contributed by atoms with Gasteiger partial charge in [-0.2, -0.15) is 0 Å². The van der Waals surface area contributed by atoms with E-state index in [1.54, 1.807) is 11.1 Å². The van der Waals surface area contributed by atoms with E-state index in [-0.39, 0.29) is 17.7 Å². The second-order valence-electron chi connectivity index (χ2n) is 5.74. The van der Waals surface area contributed by atoms with Gasteiger partial charge in [-0.15, -0.1) is 0 Å². The van der Waals surface area contributed by atoms with Crippen molar-refractivity contribution in [3.63, 3.8) is 0 Å². The van der Waals surface area contributed by atoms with E-state index in [1.807, 2.05) is 28.8 Å². The summed E-state index contributed by atoms with van der Waals surface area (Å²) in [7, 11) is 0. The van der Waals surface area contributed by atoms with E-state index in [0.717, 1.165) is 24.2 Å². The Morgan fingerprint density at radius 1 is 1.38 bits per heavy atom. The van der Waals surface area contributed by atoms with Crippen LogP contribution in [0.4, 0.5) is 5.88 Å². The zero-order chi connectivity index (χ0) is 16.7. The van der Waals surface area contributed by atoms with Crippen LogP contribution < -0.4 is 0 Å². The van der Waals surface area contributed by atoms with Crippen LogP contribution in [0.3, 0.4) is 0 Å². The molecule has 0 spiro atoms. The van der Waals surface area contributed by atoms with Gasteiger partial charge in [-0.05, 0) is 31.0 Å². The number of carbonyl (C=O) groups is 1. The van der Waals surface area contributed by atoms with Crippen molar-refractivity contribution in [1.29, 1.82) is 0 Å². The highest BCUT2D eigenvalue weighted by molar-refractivity contribution is 5.92. The summed E-state index contributed by atoms with van der Waals surface area (Å²) in [5, 5.41) is 10.7. The molecular formula is C16H14N4O4. The number of furan rings is 1. The van der Waals surface area contributed by atoms with Crippen molar-refractivity contribution in [1.82, 2.24) is 14.3 Å². The normalized spacial score (nSPS) is 14.0. The van der Waals surface area contributed by atoms with Crippen LogP contribution in [-0.2, 0) is 6.54 Å². The quantitative estimate of drug-likeness (QED) is 0.530. The van der Waals surface area contributed by atoms with Crippen LogP contribution in [0.25, 0.3) is 5.65 Å². The van der Waals surface area contributed by atoms with Gasteiger partial charge in [0.15, 0.2) is 5.76 Å². The third-order valence-corrected chi connectivity index (χ3v) is 4.06. The number of pyridine rings is 1. The Bertz CT molecular complexity index is 925. The Morgan fingerprint density at radius 2 is 2.21 bits per heavy atom. The summed E-state index contributed by atoms with van der Waals surface area (Å²) in [5.74, 6) is -0.775. The number of hydrogen-bond donors (Lipinski definition) is 0. The van der Waals surface area contributed by atoms with Gasteiger partial charge < -0.3 is 13.7 Å². The average Bonchev–Trinajstić information content (AvgIpc) is 3.15. The van der Waals surface area contributed by atoms with Gasteiger partial charge >= 0.3 is 5.88 Å². The Labute approximate surface area is 136 Å². The number of nitrogens with zero attached hydrogens (tertiary/aromatic N) is 4. The SMILES string of the molecule is O=C(c1ccc([N+](=O)[O-])o1)N(Cc1cnc2ccccn12)C1CC1. The van der Waals surface area contributed by atoms with Crippen molar-refractivity contribution in [3.05, 3.63) is 64.3 Å². The minimum absolute atomic E-state index is 0.0116. The molecule has 24 heavy (non-hydrogen) atoms. The molecule has 0 aliphatic heterocycles. The molecule has 0 unspecified atom stereocenters. The van der Waals surface area contributed by atoms with Crippen molar-refractivity contribution in [2.75, 3.05) is 0 Å². The highest BCUT2D eigenvalue weighted by Gasteiger charge is 2.35. The van der Waals surface area contributed by atoms with Crippen molar-refractivity contribution >= 4 is 17.4 Å². The molecule has 0 saturated heterocycles. The van der Waals surface area contributed by atoms with E-state index in [4.69, 9.17) is 4.42 Å². The highest BCUT2D eigenvalue weighted by Crippen LogP contribution is 2.30. The van der Waals surface area contributed by atoms with Crippen molar-refractivity contribution < 1.29 is 14.1 Å². The third-order valence-electron chi connectivity index (χ3n) is 4.06. The number of fused-ring (bicyclic) bond motifs is 1. The zero-order valence-electron chi connectivity index (χ0n) is 12.7. The van der Waals surface area contributed by atoms with Crippen molar-refractivity contribution in [3.8, 4) is 0 Å². The maximum Gasteiger partial charge on any atom is 0.433 e. The summed E-state index contributed by atoms with van der Waals surface area (Å²) in [6.45, 7) is 0.378. The maximum atomic E-state index is 12.7. The number of carbonyl (C=O) groups excluding carboxylic acids is 1. The summed E-state index contributed by atoms with van der Waals surface area (Å²) in [6, 6.07) is 8.38. The molecule has 1 fully saturated rings. The molecular weight excluding hydrogens is 312 g/mol. The molecule has 0 radical (unpaired) electrons. The minimum atomic E-state index is -0.650. The van der Waals surface area contributed by atoms with Crippen molar-refractivity contribution in [2.45, 2.75) is 25.4 Å². The highest BCUT2D eigenvalue weighted by atomic mass is 16.6. The largest absolute Gasteiger partial charge is 0.433 e. The lowest BCUT2D eigenvalue weighted by Crippen LogP contribution is -2.32. The van der Waals surface area contributed by atoms with E-state index in [9.17, 15) is 14.9 Å². The smallest absolute Gasteiger partial charge is 0.395 e. The fourth-order valence-electron chi connectivity index (χ4n) is 2.71. The molecule has 122 valence electrons. The molecule has 1 aliphatic rings. The fourth-order valence-corrected chi connectivity index (χ4v) is 2.71. The first-order chi connectivity index (χ1) is 11.6. The predicted molar refractivity (Wildman–Crippen MR) is 83.4 cm³/mol. The van der Waals surface area contributed by atoms with Crippen LogP contribution in [0.15, 0.2) is 47.1 Å². The Kier molecular flexibility index (Phi) is 3.30. The molecule has 0 atom stereocenters. The summed E-state index contributed by atoms with van der Waals surface area (Å²) in [5.41, 5.74) is 1.69. The summed E-state index contributed by atoms with van der Waals surface area (Å²) >= 11 is 0. The van der Waals surface area contributed by atoms with Gasteiger partial charge in [0.25, 0.3) is 5.91 Å². The molecule has 1 amide bonds. The first-order valence-electron chi connectivity index (χ1n) is 7.59. The van der Waals surface area contributed by atoms with Gasteiger partial charge in [0.2, 0.25) is 0 Å². The second-order valence-corrected chi connectivity index (χ2v) is 5.74. The standard InChI is InChI=1S/C16H14N4O4/c21-16(13-6-7-15(24-13)20(22)23)19(11-4-5-11)10-12-9-17-14-3-1-2-8-18(12)14/h1-3,6-9,11H,4-5,10H2. The number of amides is 1. The van der Waals surface area contributed by atoms with Gasteiger partial charge in [-0.1, -0.05) is 6.07 Å². The van der Waals surface area contributed by atoms with Gasteiger partial charge in [0.1, 0.15) is 10.6 Å². The number of rotatable bonds is 5. The zero-order valence-corrected chi connectivity index (χ0v) is 12.7. The van der Waals surface area contributed by atoms with E-state index in [1.165, 1.54) is 12.1 Å². The fraction of sp³-hybridized carbons (Fsp3) is 0.250. The second kappa shape index (κ2) is 5.48. The summed E-state index contributed by atoms with van der Waals surface area (Å²) < 4.78 is 6.98. The maximum absolute atomic E-state index is 12.7. The van der Waals surface area contributed by atoms with E-state index in [2.05, 4.69) is 4.98 Å². The predicted octanol–water partition coefficient (Wildman–Crippen LogP) is 2.64. The van der Waals surface area contributed by atoms with Gasteiger partial charge in [0, 0.05) is 12.2 Å². The molecule has 3 heterocycles. The van der Waals surface area contributed by atoms with Crippen LogP contribution in [0, 0.1) is 10.1 Å². The Balaban J connectivity index is 1.62. The van der Waals surface area contributed by atoms with Crippen LogP contribution in [0.1, 0.15) is 29.1 Å². The summed E-state index contributed by atoms with van der Waals surface area (Å²) in [4.78, 5) is 28.8. The lowest BCUT2D eigenvalue weighted by Gasteiger charge is -2.20. The minimum Gasteiger partial charge on any atom is -0.395 e. The topological polar surface area (TPSA) is 93.9 Å². The lowest BCUT2D eigenvalue weighted by atomic mass is 10.3.